The number of hydrogen-bond donors (Lipinski definition) is 1. The highest BCUT2D eigenvalue weighted by atomic mass is 32.2. The third kappa shape index (κ3) is 3.48. The number of rotatable bonds is 5. The van der Waals surface area contributed by atoms with Crippen LogP contribution in [-0.2, 0) is 0 Å². The van der Waals surface area contributed by atoms with E-state index in [1.165, 1.54) is 23.9 Å². The fourth-order valence-corrected chi connectivity index (χ4v) is 2.60. The van der Waals surface area contributed by atoms with Crippen molar-refractivity contribution in [3.63, 3.8) is 0 Å². The van der Waals surface area contributed by atoms with Crippen molar-refractivity contribution in [1.29, 1.82) is 0 Å². The molecule has 0 atom stereocenters. The smallest absolute Gasteiger partial charge is 0.335 e. The van der Waals surface area contributed by atoms with Gasteiger partial charge in [0.25, 0.3) is 0 Å². The number of thioether (sulfide) groups is 1. The molecule has 2 rings (SSSR count). The summed E-state index contributed by atoms with van der Waals surface area (Å²) in [4.78, 5) is 24.2. The van der Waals surface area contributed by atoms with E-state index in [1.54, 1.807) is 6.07 Å². The second kappa shape index (κ2) is 6.39. The average Bonchev–Trinajstić information content (AvgIpc) is 2.46. The van der Waals surface area contributed by atoms with E-state index in [9.17, 15) is 9.59 Å². The first-order chi connectivity index (χ1) is 9.58. The zero-order chi connectivity index (χ0) is 14.5. The molecule has 0 amide bonds. The molecular formula is C16H14O3S. The van der Waals surface area contributed by atoms with Gasteiger partial charge in [-0.25, -0.2) is 4.79 Å². The van der Waals surface area contributed by atoms with Crippen molar-refractivity contribution in [3.05, 3.63) is 65.2 Å². The Morgan fingerprint density at radius 2 is 1.80 bits per heavy atom. The summed E-state index contributed by atoms with van der Waals surface area (Å²) in [6.07, 6.45) is 0. The molecule has 0 aliphatic heterocycles. The summed E-state index contributed by atoms with van der Waals surface area (Å²) in [7, 11) is 0. The molecule has 0 unspecified atom stereocenters. The Morgan fingerprint density at radius 1 is 1.10 bits per heavy atom. The van der Waals surface area contributed by atoms with Gasteiger partial charge in [-0.1, -0.05) is 24.3 Å². The van der Waals surface area contributed by atoms with Crippen molar-refractivity contribution < 1.29 is 14.7 Å². The number of carboxylic acids is 1. The van der Waals surface area contributed by atoms with Gasteiger partial charge in [0, 0.05) is 10.5 Å². The van der Waals surface area contributed by atoms with Crippen molar-refractivity contribution >= 4 is 23.5 Å². The Labute approximate surface area is 121 Å². The molecule has 0 saturated carbocycles. The maximum atomic E-state index is 12.2. The SMILES string of the molecule is Cc1ccc(C(=O)O)cc1C(=O)CSc1ccccc1. The summed E-state index contributed by atoms with van der Waals surface area (Å²) >= 11 is 1.45. The number of carboxylic acid groups (broad SMARTS) is 1. The molecule has 3 nitrogen and oxygen atoms in total. The van der Waals surface area contributed by atoms with Gasteiger partial charge in [-0.15, -0.1) is 11.8 Å². The molecule has 0 bridgehead atoms. The Kier molecular flexibility index (Phi) is 4.58. The lowest BCUT2D eigenvalue weighted by Gasteiger charge is -2.06. The normalized spacial score (nSPS) is 10.2. The summed E-state index contributed by atoms with van der Waals surface area (Å²) < 4.78 is 0. The molecule has 20 heavy (non-hydrogen) atoms. The Morgan fingerprint density at radius 3 is 2.45 bits per heavy atom. The molecule has 0 aliphatic rings. The van der Waals surface area contributed by atoms with E-state index in [-0.39, 0.29) is 11.3 Å². The number of benzene rings is 2. The van der Waals surface area contributed by atoms with Gasteiger partial charge in [0.1, 0.15) is 0 Å². The molecule has 2 aromatic carbocycles. The Balaban J connectivity index is 2.13. The van der Waals surface area contributed by atoms with Crippen LogP contribution in [-0.4, -0.2) is 22.6 Å². The second-order valence-corrected chi connectivity index (χ2v) is 5.41. The lowest BCUT2D eigenvalue weighted by Crippen LogP contribution is -2.07. The van der Waals surface area contributed by atoms with Crippen molar-refractivity contribution in [1.82, 2.24) is 0 Å². The second-order valence-electron chi connectivity index (χ2n) is 4.36. The summed E-state index contributed by atoms with van der Waals surface area (Å²) in [6.45, 7) is 1.81. The summed E-state index contributed by atoms with van der Waals surface area (Å²) in [5.41, 5.74) is 1.42. The zero-order valence-electron chi connectivity index (χ0n) is 11.0. The highest BCUT2D eigenvalue weighted by Gasteiger charge is 2.13. The third-order valence-corrected chi connectivity index (χ3v) is 3.91. The number of Topliss-reactive ketones (excluding diaryl/α,β-unsaturated/α-hetero) is 1. The molecular weight excluding hydrogens is 272 g/mol. The lowest BCUT2D eigenvalue weighted by molar-refractivity contribution is 0.0697. The number of aromatic carboxylic acids is 1. The molecule has 4 heteroatoms. The molecule has 0 fully saturated rings. The first-order valence-corrected chi connectivity index (χ1v) is 7.11. The van der Waals surface area contributed by atoms with Crippen LogP contribution in [0, 0.1) is 6.92 Å². The average molecular weight is 286 g/mol. The van der Waals surface area contributed by atoms with Gasteiger partial charge in [0.15, 0.2) is 5.78 Å². The third-order valence-electron chi connectivity index (χ3n) is 2.90. The van der Waals surface area contributed by atoms with E-state index in [4.69, 9.17) is 5.11 Å². The van der Waals surface area contributed by atoms with Crippen LogP contribution in [0.5, 0.6) is 0 Å². The van der Waals surface area contributed by atoms with Gasteiger partial charge in [-0.2, -0.15) is 0 Å². The van der Waals surface area contributed by atoms with Crippen molar-refractivity contribution in [2.24, 2.45) is 0 Å². The highest BCUT2D eigenvalue weighted by molar-refractivity contribution is 8.00. The molecule has 0 aliphatic carbocycles. The number of ketones is 1. The molecule has 0 heterocycles. The van der Waals surface area contributed by atoms with Gasteiger partial charge >= 0.3 is 5.97 Å². The minimum absolute atomic E-state index is 0.0561. The predicted molar refractivity (Wildman–Crippen MR) is 79.6 cm³/mol. The maximum absolute atomic E-state index is 12.2. The molecule has 0 spiro atoms. The van der Waals surface area contributed by atoms with Gasteiger partial charge in [0.2, 0.25) is 0 Å². The summed E-state index contributed by atoms with van der Waals surface area (Å²) in [5, 5.41) is 8.97. The van der Waals surface area contributed by atoms with Crippen LogP contribution in [0.3, 0.4) is 0 Å². The number of carbonyl (C=O) groups is 2. The molecule has 0 saturated heterocycles. The van der Waals surface area contributed by atoms with E-state index in [0.29, 0.717) is 11.3 Å². The van der Waals surface area contributed by atoms with E-state index in [1.807, 2.05) is 37.3 Å². The maximum Gasteiger partial charge on any atom is 0.335 e. The standard InChI is InChI=1S/C16H14O3S/c1-11-7-8-12(16(18)19)9-14(11)15(17)10-20-13-5-3-2-4-6-13/h2-9H,10H2,1H3,(H,18,19). The van der Waals surface area contributed by atoms with Crippen LogP contribution < -0.4 is 0 Å². The topological polar surface area (TPSA) is 54.4 Å². The van der Waals surface area contributed by atoms with Crippen molar-refractivity contribution in [2.45, 2.75) is 11.8 Å². The summed E-state index contributed by atoms with van der Waals surface area (Å²) in [5.74, 6) is -0.775. The number of carbonyl (C=O) groups excluding carboxylic acids is 1. The minimum atomic E-state index is -1.02. The van der Waals surface area contributed by atoms with Crippen LogP contribution in [0.25, 0.3) is 0 Å². The van der Waals surface area contributed by atoms with Crippen LogP contribution in [0.2, 0.25) is 0 Å². The van der Waals surface area contributed by atoms with Crippen molar-refractivity contribution in [3.8, 4) is 0 Å². The van der Waals surface area contributed by atoms with Gasteiger partial charge < -0.3 is 5.11 Å². The zero-order valence-corrected chi connectivity index (χ0v) is 11.8. The highest BCUT2D eigenvalue weighted by Crippen LogP contribution is 2.20. The molecule has 0 aromatic heterocycles. The molecule has 1 N–H and O–H groups in total. The van der Waals surface area contributed by atoms with Gasteiger partial charge in [-0.05, 0) is 36.8 Å². The molecule has 0 radical (unpaired) electrons. The quantitative estimate of drug-likeness (QED) is 0.673. The van der Waals surface area contributed by atoms with E-state index in [2.05, 4.69) is 0 Å². The monoisotopic (exact) mass is 286 g/mol. The van der Waals surface area contributed by atoms with E-state index in [0.717, 1.165) is 10.5 Å². The first kappa shape index (κ1) is 14.3. The lowest BCUT2D eigenvalue weighted by atomic mass is 10.0. The fraction of sp³-hybridized carbons (Fsp3) is 0.125. The van der Waals surface area contributed by atoms with Crippen LogP contribution in [0.15, 0.2) is 53.4 Å². The summed E-state index contributed by atoms with van der Waals surface area (Å²) in [6, 6.07) is 14.3. The number of hydrogen-bond acceptors (Lipinski definition) is 3. The van der Waals surface area contributed by atoms with E-state index >= 15 is 0 Å². The largest absolute Gasteiger partial charge is 0.478 e. The van der Waals surface area contributed by atoms with Gasteiger partial charge in [-0.3, -0.25) is 4.79 Å². The van der Waals surface area contributed by atoms with Gasteiger partial charge in [0.05, 0.1) is 11.3 Å². The van der Waals surface area contributed by atoms with E-state index < -0.39 is 5.97 Å². The fourth-order valence-electron chi connectivity index (χ4n) is 1.80. The van der Waals surface area contributed by atoms with Crippen LogP contribution >= 0.6 is 11.8 Å². The predicted octanol–water partition coefficient (Wildman–Crippen LogP) is 3.67. The van der Waals surface area contributed by atoms with Crippen LogP contribution in [0.1, 0.15) is 26.3 Å². The number of aryl methyl sites for hydroxylation is 1. The Bertz CT molecular complexity index is 635. The van der Waals surface area contributed by atoms with Crippen molar-refractivity contribution in [2.75, 3.05) is 5.75 Å². The molecule has 102 valence electrons. The first-order valence-electron chi connectivity index (χ1n) is 6.13. The van der Waals surface area contributed by atoms with Crippen LogP contribution in [0.4, 0.5) is 0 Å². The molecule has 2 aromatic rings. The Hall–Kier alpha value is -2.07. The minimum Gasteiger partial charge on any atom is -0.478 e.